The Labute approximate surface area is 127 Å². The molecule has 2 aromatic rings. The lowest BCUT2D eigenvalue weighted by atomic mass is 10.1. The maximum absolute atomic E-state index is 12.2. The zero-order chi connectivity index (χ0) is 15.4. The second-order valence-electron chi connectivity index (χ2n) is 4.26. The van der Waals surface area contributed by atoms with Crippen LogP contribution in [0.25, 0.3) is 0 Å². The van der Waals surface area contributed by atoms with E-state index in [4.69, 9.17) is 21.1 Å². The first-order valence-electron chi connectivity index (χ1n) is 6.19. The molecule has 5 heteroatoms. The molecule has 0 aliphatic rings. The highest BCUT2D eigenvalue weighted by molar-refractivity contribution is 6.33. The van der Waals surface area contributed by atoms with Crippen LogP contribution in [0.5, 0.6) is 11.5 Å². The van der Waals surface area contributed by atoms with Crippen LogP contribution < -0.4 is 9.47 Å². The van der Waals surface area contributed by atoms with Crippen molar-refractivity contribution in [2.75, 3.05) is 7.11 Å². The highest BCUT2D eigenvalue weighted by Gasteiger charge is 2.19. The zero-order valence-electron chi connectivity index (χ0n) is 11.6. The Kier molecular flexibility index (Phi) is 4.60. The number of carbonyl (C=O) groups excluding carboxylic acids is 2. The number of halogens is 1. The molecule has 0 aliphatic carbocycles. The molecule has 0 saturated heterocycles. The van der Waals surface area contributed by atoms with Gasteiger partial charge in [-0.15, -0.1) is 0 Å². The number of hydrogen-bond donors (Lipinski definition) is 0. The van der Waals surface area contributed by atoms with Crippen LogP contribution in [0.2, 0.25) is 5.02 Å². The molecule has 0 radical (unpaired) electrons. The average molecular weight is 305 g/mol. The van der Waals surface area contributed by atoms with E-state index in [0.717, 1.165) is 0 Å². The molecule has 0 saturated carbocycles. The lowest BCUT2D eigenvalue weighted by molar-refractivity contribution is 0.0732. The molecule has 0 aliphatic heterocycles. The minimum Gasteiger partial charge on any atom is -0.496 e. The highest BCUT2D eigenvalue weighted by atomic mass is 35.5. The Morgan fingerprint density at radius 1 is 1.00 bits per heavy atom. The second kappa shape index (κ2) is 6.41. The van der Waals surface area contributed by atoms with Crippen LogP contribution in [0.1, 0.15) is 27.6 Å². The molecule has 2 rings (SSSR count). The smallest absolute Gasteiger partial charge is 0.345 e. The maximum atomic E-state index is 12.2. The average Bonchev–Trinajstić information content (AvgIpc) is 2.46. The minimum atomic E-state index is -0.628. The number of hydrogen-bond acceptors (Lipinski definition) is 4. The summed E-state index contributed by atoms with van der Waals surface area (Å²) in [4.78, 5) is 23.9. The van der Waals surface area contributed by atoms with Gasteiger partial charge in [-0.2, -0.15) is 0 Å². The summed E-state index contributed by atoms with van der Waals surface area (Å²) in [6.45, 7) is 1.38. The molecular weight excluding hydrogens is 292 g/mol. The van der Waals surface area contributed by atoms with Gasteiger partial charge < -0.3 is 9.47 Å². The van der Waals surface area contributed by atoms with E-state index in [1.807, 2.05) is 0 Å². The van der Waals surface area contributed by atoms with Gasteiger partial charge in [0.1, 0.15) is 17.1 Å². The molecule has 0 fully saturated rings. The van der Waals surface area contributed by atoms with E-state index in [-0.39, 0.29) is 27.7 Å². The standard InChI is InChI=1S/C16H13ClO4/c1-10(18)15-13(20-2)8-5-9-14(15)21-16(19)11-6-3-4-7-12(11)17/h3-9H,1-2H3. The van der Waals surface area contributed by atoms with Crippen molar-refractivity contribution in [3.8, 4) is 11.5 Å². The summed E-state index contributed by atoms with van der Waals surface area (Å²) in [7, 11) is 1.45. The van der Waals surface area contributed by atoms with Crippen LogP contribution in [0, 0.1) is 0 Å². The van der Waals surface area contributed by atoms with E-state index >= 15 is 0 Å². The van der Waals surface area contributed by atoms with Crippen molar-refractivity contribution < 1.29 is 19.1 Å². The first-order chi connectivity index (χ1) is 10.0. The van der Waals surface area contributed by atoms with Crippen molar-refractivity contribution in [1.82, 2.24) is 0 Å². The summed E-state index contributed by atoms with van der Waals surface area (Å²) in [5, 5.41) is 0.287. The van der Waals surface area contributed by atoms with Gasteiger partial charge in [0.25, 0.3) is 0 Å². The molecule has 0 spiro atoms. The third-order valence-electron chi connectivity index (χ3n) is 2.86. The number of rotatable bonds is 4. The van der Waals surface area contributed by atoms with Gasteiger partial charge >= 0.3 is 5.97 Å². The SMILES string of the molecule is COc1cccc(OC(=O)c2ccccc2Cl)c1C(C)=O. The topological polar surface area (TPSA) is 52.6 Å². The summed E-state index contributed by atoms with van der Waals surface area (Å²) in [6.07, 6.45) is 0. The Balaban J connectivity index is 2.38. The highest BCUT2D eigenvalue weighted by Crippen LogP contribution is 2.30. The quantitative estimate of drug-likeness (QED) is 0.490. The summed E-state index contributed by atoms with van der Waals surface area (Å²) in [5.41, 5.74) is 0.455. The van der Waals surface area contributed by atoms with Gasteiger partial charge in [-0.3, -0.25) is 4.79 Å². The number of methoxy groups -OCH3 is 1. The molecule has 2 aromatic carbocycles. The summed E-state index contributed by atoms with van der Waals surface area (Å²) in [6, 6.07) is 11.3. The number of ketones is 1. The van der Waals surface area contributed by atoms with Crippen LogP contribution in [0.4, 0.5) is 0 Å². The van der Waals surface area contributed by atoms with Crippen LogP contribution in [-0.4, -0.2) is 18.9 Å². The fraction of sp³-hybridized carbons (Fsp3) is 0.125. The number of Topliss-reactive ketones (excluding diaryl/α,β-unsaturated/α-hetero) is 1. The van der Waals surface area contributed by atoms with Crippen molar-refractivity contribution >= 4 is 23.4 Å². The molecule has 0 heterocycles. The molecule has 0 atom stereocenters. The first kappa shape index (κ1) is 15.1. The fourth-order valence-electron chi connectivity index (χ4n) is 1.89. The van der Waals surface area contributed by atoms with Gasteiger partial charge in [0.05, 0.1) is 17.7 Å². The minimum absolute atomic E-state index is 0.145. The third kappa shape index (κ3) is 3.23. The predicted octanol–water partition coefficient (Wildman–Crippen LogP) is 3.77. The van der Waals surface area contributed by atoms with Gasteiger partial charge in [0.15, 0.2) is 5.78 Å². The molecule has 0 N–H and O–H groups in total. The van der Waals surface area contributed by atoms with Crippen LogP contribution in [0.3, 0.4) is 0 Å². The van der Waals surface area contributed by atoms with Gasteiger partial charge in [-0.25, -0.2) is 4.79 Å². The van der Waals surface area contributed by atoms with Crippen molar-refractivity contribution in [3.05, 3.63) is 58.6 Å². The molecule has 0 amide bonds. The molecule has 0 bridgehead atoms. The fourth-order valence-corrected chi connectivity index (χ4v) is 2.11. The molecular formula is C16H13ClO4. The van der Waals surface area contributed by atoms with Gasteiger partial charge in [0.2, 0.25) is 0 Å². The number of carbonyl (C=O) groups is 2. The molecule has 21 heavy (non-hydrogen) atoms. The summed E-state index contributed by atoms with van der Waals surface area (Å²) < 4.78 is 10.4. The van der Waals surface area contributed by atoms with E-state index in [1.165, 1.54) is 20.1 Å². The van der Waals surface area contributed by atoms with Gasteiger partial charge in [-0.05, 0) is 31.2 Å². The molecule has 108 valence electrons. The van der Waals surface area contributed by atoms with E-state index in [0.29, 0.717) is 5.75 Å². The van der Waals surface area contributed by atoms with Gasteiger partial charge in [0, 0.05) is 0 Å². The largest absolute Gasteiger partial charge is 0.496 e. The Bertz CT molecular complexity index is 694. The summed E-state index contributed by atoms with van der Waals surface area (Å²) >= 11 is 5.95. The van der Waals surface area contributed by atoms with Crippen molar-refractivity contribution in [2.45, 2.75) is 6.92 Å². The molecule has 0 unspecified atom stereocenters. The second-order valence-corrected chi connectivity index (χ2v) is 4.67. The van der Waals surface area contributed by atoms with Crippen LogP contribution in [0.15, 0.2) is 42.5 Å². The lowest BCUT2D eigenvalue weighted by Crippen LogP contribution is -2.12. The third-order valence-corrected chi connectivity index (χ3v) is 3.19. The normalized spacial score (nSPS) is 10.0. The van der Waals surface area contributed by atoms with Crippen LogP contribution >= 0.6 is 11.6 Å². The van der Waals surface area contributed by atoms with E-state index in [2.05, 4.69) is 0 Å². The van der Waals surface area contributed by atoms with Gasteiger partial charge in [-0.1, -0.05) is 29.8 Å². The van der Waals surface area contributed by atoms with Crippen molar-refractivity contribution in [1.29, 1.82) is 0 Å². The van der Waals surface area contributed by atoms with E-state index < -0.39 is 5.97 Å². The maximum Gasteiger partial charge on any atom is 0.345 e. The number of benzene rings is 2. The Morgan fingerprint density at radius 3 is 2.29 bits per heavy atom. The van der Waals surface area contributed by atoms with E-state index in [9.17, 15) is 9.59 Å². The molecule has 4 nitrogen and oxygen atoms in total. The zero-order valence-corrected chi connectivity index (χ0v) is 12.3. The van der Waals surface area contributed by atoms with Crippen molar-refractivity contribution in [2.24, 2.45) is 0 Å². The Hall–Kier alpha value is -2.33. The lowest BCUT2D eigenvalue weighted by Gasteiger charge is -2.12. The molecule has 0 aromatic heterocycles. The summed E-state index contributed by atoms with van der Waals surface area (Å²) in [5.74, 6) is -0.385. The number of ether oxygens (including phenoxy) is 2. The predicted molar refractivity (Wildman–Crippen MR) is 79.4 cm³/mol. The van der Waals surface area contributed by atoms with Crippen molar-refractivity contribution in [3.63, 3.8) is 0 Å². The number of esters is 1. The monoisotopic (exact) mass is 304 g/mol. The Morgan fingerprint density at radius 2 is 1.67 bits per heavy atom. The van der Waals surface area contributed by atoms with Crippen LogP contribution in [-0.2, 0) is 0 Å². The first-order valence-corrected chi connectivity index (χ1v) is 6.57. The van der Waals surface area contributed by atoms with E-state index in [1.54, 1.807) is 36.4 Å².